The Hall–Kier alpha value is -2.12. The number of carbonyl (C=O) groups is 2. The molecule has 2 aromatic rings. The lowest BCUT2D eigenvalue weighted by atomic mass is 10.0. The summed E-state index contributed by atoms with van der Waals surface area (Å²) in [6, 6.07) is 5.33. The van der Waals surface area contributed by atoms with Gasteiger partial charge >= 0.3 is 5.97 Å². The predicted molar refractivity (Wildman–Crippen MR) is 91.3 cm³/mol. The van der Waals surface area contributed by atoms with Gasteiger partial charge in [-0.25, -0.2) is 0 Å². The molecule has 0 aliphatic heterocycles. The second kappa shape index (κ2) is 8.12. The molecule has 24 heavy (non-hydrogen) atoms. The summed E-state index contributed by atoms with van der Waals surface area (Å²) in [5.74, 6) is -0.775. The van der Waals surface area contributed by atoms with Crippen LogP contribution in [0.3, 0.4) is 0 Å². The number of carbonyl (C=O) groups excluding carboxylic acids is 1. The van der Waals surface area contributed by atoms with Crippen molar-refractivity contribution in [3.63, 3.8) is 0 Å². The van der Waals surface area contributed by atoms with Crippen LogP contribution in [0.15, 0.2) is 18.2 Å². The first kappa shape index (κ1) is 18.2. The summed E-state index contributed by atoms with van der Waals surface area (Å²) in [6.45, 7) is 1.93. The molecule has 1 aromatic heterocycles. The second-order valence-corrected chi connectivity index (χ2v) is 6.53. The van der Waals surface area contributed by atoms with Gasteiger partial charge in [0.2, 0.25) is 0 Å². The molecule has 6 nitrogen and oxygen atoms in total. The van der Waals surface area contributed by atoms with Crippen molar-refractivity contribution < 1.29 is 29.3 Å². The zero-order valence-electron chi connectivity index (χ0n) is 13.6. The minimum absolute atomic E-state index is 0.0286. The fraction of sp³-hybridized carbons (Fsp3) is 0.412. The van der Waals surface area contributed by atoms with Gasteiger partial charge in [0.1, 0.15) is 0 Å². The average Bonchev–Trinajstić information content (AvgIpc) is 2.97. The molecule has 0 radical (unpaired) electrons. The van der Waals surface area contributed by atoms with E-state index in [1.165, 1.54) is 25.4 Å². The van der Waals surface area contributed by atoms with Gasteiger partial charge in [-0.3, -0.25) is 9.59 Å². The van der Waals surface area contributed by atoms with E-state index in [0.717, 1.165) is 10.1 Å². The van der Waals surface area contributed by atoms with Crippen LogP contribution in [0.5, 0.6) is 11.5 Å². The highest BCUT2D eigenvalue weighted by molar-refractivity contribution is 7.20. The molecule has 7 heteroatoms. The molecule has 0 spiro atoms. The predicted octanol–water partition coefficient (Wildman–Crippen LogP) is 2.96. The number of carboxylic acid groups (broad SMARTS) is 1. The topological polar surface area (TPSA) is 93.1 Å². The Labute approximate surface area is 143 Å². The molecule has 0 unspecified atom stereocenters. The Morgan fingerprint density at radius 2 is 2.00 bits per heavy atom. The maximum absolute atomic E-state index is 12.2. The van der Waals surface area contributed by atoms with Crippen LogP contribution >= 0.6 is 11.3 Å². The van der Waals surface area contributed by atoms with Gasteiger partial charge in [-0.2, -0.15) is 0 Å². The van der Waals surface area contributed by atoms with Crippen LogP contribution in [-0.4, -0.2) is 42.3 Å². The van der Waals surface area contributed by atoms with Gasteiger partial charge in [-0.15, -0.1) is 11.3 Å². The van der Waals surface area contributed by atoms with Crippen molar-refractivity contribution in [2.75, 3.05) is 20.3 Å². The van der Waals surface area contributed by atoms with E-state index in [-0.39, 0.29) is 18.8 Å². The highest BCUT2D eigenvalue weighted by Crippen LogP contribution is 2.37. The first-order valence-electron chi connectivity index (χ1n) is 7.57. The number of benzene rings is 1. The fourth-order valence-electron chi connectivity index (χ4n) is 2.17. The minimum atomic E-state index is -0.981. The third kappa shape index (κ3) is 4.24. The second-order valence-electron chi connectivity index (χ2n) is 5.44. The van der Waals surface area contributed by atoms with Crippen LogP contribution < -0.4 is 9.47 Å². The number of carboxylic acids is 1. The summed E-state index contributed by atoms with van der Waals surface area (Å²) in [6.07, 6.45) is 0.487. The first-order valence-corrected chi connectivity index (χ1v) is 8.39. The summed E-state index contributed by atoms with van der Waals surface area (Å²) >= 11 is 1.31. The zero-order valence-corrected chi connectivity index (χ0v) is 14.4. The standard InChI is InChI=1S/C17H20O6S/c1-10(17(20)21)6-12(19)16-8-11-7-14(23-5-3-4-18)13(22-2)9-15(11)24-16/h7-10,18H,3-6H2,1-2H3,(H,20,21)/t10-/m0/s1. The van der Waals surface area contributed by atoms with Crippen molar-refractivity contribution >= 4 is 33.2 Å². The van der Waals surface area contributed by atoms with Crippen LogP contribution in [-0.2, 0) is 4.79 Å². The average molecular weight is 352 g/mol. The maximum Gasteiger partial charge on any atom is 0.306 e. The molecule has 1 atom stereocenters. The summed E-state index contributed by atoms with van der Waals surface area (Å²) < 4.78 is 11.8. The molecule has 0 amide bonds. The van der Waals surface area contributed by atoms with Crippen molar-refractivity contribution in [3.8, 4) is 11.5 Å². The Kier molecular flexibility index (Phi) is 6.16. The number of fused-ring (bicyclic) bond motifs is 1. The molecule has 0 saturated carbocycles. The lowest BCUT2D eigenvalue weighted by molar-refractivity contribution is -0.141. The number of ketones is 1. The number of ether oxygens (including phenoxy) is 2. The molecule has 0 aliphatic rings. The van der Waals surface area contributed by atoms with Crippen molar-refractivity contribution in [2.45, 2.75) is 19.8 Å². The SMILES string of the molecule is COc1cc2sc(C(=O)C[C@H](C)C(=O)O)cc2cc1OCCCO. The molecule has 0 aliphatic carbocycles. The van der Waals surface area contributed by atoms with Crippen LogP contribution in [0.2, 0.25) is 0 Å². The molecule has 0 saturated heterocycles. The Morgan fingerprint density at radius 3 is 2.62 bits per heavy atom. The Morgan fingerprint density at radius 1 is 1.25 bits per heavy atom. The number of aliphatic carboxylic acids is 1. The molecule has 2 N–H and O–H groups in total. The quantitative estimate of drug-likeness (QED) is 0.532. The van der Waals surface area contributed by atoms with Gasteiger partial charge in [0.15, 0.2) is 17.3 Å². The summed E-state index contributed by atoms with van der Waals surface area (Å²) in [5.41, 5.74) is 0. The van der Waals surface area contributed by atoms with Crippen molar-refractivity contribution in [1.82, 2.24) is 0 Å². The zero-order chi connectivity index (χ0) is 17.7. The molecule has 1 aromatic carbocycles. The number of hydrogen-bond donors (Lipinski definition) is 2. The number of methoxy groups -OCH3 is 1. The molecule has 130 valence electrons. The fourth-order valence-corrected chi connectivity index (χ4v) is 3.19. The van der Waals surface area contributed by atoms with Gasteiger partial charge in [-0.1, -0.05) is 6.92 Å². The van der Waals surface area contributed by atoms with E-state index in [1.807, 2.05) is 0 Å². The Balaban J connectivity index is 2.26. The number of rotatable bonds is 9. The van der Waals surface area contributed by atoms with Crippen molar-refractivity contribution in [2.24, 2.45) is 5.92 Å². The van der Waals surface area contributed by atoms with Crippen LogP contribution in [0.1, 0.15) is 29.4 Å². The number of thiophene rings is 1. The van der Waals surface area contributed by atoms with E-state index < -0.39 is 11.9 Å². The number of aliphatic hydroxyl groups excluding tert-OH is 1. The largest absolute Gasteiger partial charge is 0.493 e. The van der Waals surface area contributed by atoms with Gasteiger partial charge in [0.05, 0.1) is 24.5 Å². The molecule has 0 fully saturated rings. The van der Waals surface area contributed by atoms with Crippen LogP contribution in [0.4, 0.5) is 0 Å². The lowest BCUT2D eigenvalue weighted by Crippen LogP contribution is -2.13. The minimum Gasteiger partial charge on any atom is -0.493 e. The monoisotopic (exact) mass is 352 g/mol. The summed E-state index contributed by atoms with van der Waals surface area (Å²) in [7, 11) is 1.54. The van der Waals surface area contributed by atoms with Crippen LogP contribution in [0.25, 0.3) is 10.1 Å². The molecule has 2 rings (SSSR count). The van der Waals surface area contributed by atoms with E-state index in [2.05, 4.69) is 0 Å². The van der Waals surface area contributed by atoms with Gasteiger partial charge in [0.25, 0.3) is 0 Å². The van der Waals surface area contributed by atoms with E-state index in [4.69, 9.17) is 19.7 Å². The number of Topliss-reactive ketones (excluding diaryl/α,β-unsaturated/α-hetero) is 1. The lowest BCUT2D eigenvalue weighted by Gasteiger charge is -2.10. The van der Waals surface area contributed by atoms with Gasteiger partial charge in [0, 0.05) is 30.2 Å². The maximum atomic E-state index is 12.2. The van der Waals surface area contributed by atoms with Gasteiger partial charge < -0.3 is 19.7 Å². The van der Waals surface area contributed by atoms with E-state index >= 15 is 0 Å². The first-order chi connectivity index (χ1) is 11.5. The normalized spacial score (nSPS) is 12.1. The highest BCUT2D eigenvalue weighted by atomic mass is 32.1. The Bertz CT molecular complexity index is 736. The van der Waals surface area contributed by atoms with Crippen molar-refractivity contribution in [3.05, 3.63) is 23.1 Å². The summed E-state index contributed by atoms with van der Waals surface area (Å²) in [4.78, 5) is 23.6. The molecule has 0 bridgehead atoms. The van der Waals surface area contributed by atoms with E-state index in [9.17, 15) is 9.59 Å². The highest BCUT2D eigenvalue weighted by Gasteiger charge is 2.19. The third-order valence-corrected chi connectivity index (χ3v) is 4.69. The number of aliphatic hydroxyl groups is 1. The van der Waals surface area contributed by atoms with Crippen LogP contribution in [0, 0.1) is 5.92 Å². The molecular weight excluding hydrogens is 332 g/mol. The molecule has 1 heterocycles. The molecular formula is C17H20O6S. The van der Waals surface area contributed by atoms with E-state index in [1.54, 1.807) is 18.2 Å². The summed E-state index contributed by atoms with van der Waals surface area (Å²) in [5, 5.41) is 18.6. The smallest absolute Gasteiger partial charge is 0.306 e. The van der Waals surface area contributed by atoms with Crippen molar-refractivity contribution in [1.29, 1.82) is 0 Å². The third-order valence-electron chi connectivity index (χ3n) is 3.55. The van der Waals surface area contributed by atoms with E-state index in [0.29, 0.717) is 29.4 Å². The van der Waals surface area contributed by atoms with Gasteiger partial charge in [-0.05, 0) is 17.5 Å². The number of hydrogen-bond acceptors (Lipinski definition) is 6.